The molecule has 0 aromatic heterocycles. The van der Waals surface area contributed by atoms with Gasteiger partial charge >= 0.3 is 0 Å². The van der Waals surface area contributed by atoms with E-state index in [9.17, 15) is 4.79 Å². The van der Waals surface area contributed by atoms with Gasteiger partial charge in [0.2, 0.25) is 0 Å². The average Bonchev–Trinajstić information content (AvgIpc) is 2.72. The van der Waals surface area contributed by atoms with Crippen LogP contribution in [0.3, 0.4) is 0 Å². The van der Waals surface area contributed by atoms with Crippen LogP contribution in [0.4, 0.5) is 0 Å². The van der Waals surface area contributed by atoms with Gasteiger partial charge in [-0.3, -0.25) is 4.79 Å². The lowest BCUT2D eigenvalue weighted by Gasteiger charge is -2.30. The molecule has 3 nitrogen and oxygen atoms in total. The maximum Gasteiger partial charge on any atom is 0.261 e. The summed E-state index contributed by atoms with van der Waals surface area (Å²) in [7, 11) is 0. The molecule has 1 N–H and O–H groups in total. The predicted octanol–water partition coefficient (Wildman–Crippen LogP) is 5.60. The van der Waals surface area contributed by atoms with Gasteiger partial charge in [-0.15, -0.1) is 0 Å². The lowest BCUT2D eigenvalue weighted by Crippen LogP contribution is -2.44. The maximum absolute atomic E-state index is 12.9. The van der Waals surface area contributed by atoms with Crippen LogP contribution in [0.25, 0.3) is 0 Å². The lowest BCUT2D eigenvalue weighted by molar-refractivity contribution is -0.128. The van der Waals surface area contributed by atoms with E-state index in [0.717, 1.165) is 25.0 Å². The molecule has 1 aliphatic carbocycles. The van der Waals surface area contributed by atoms with E-state index < -0.39 is 6.10 Å². The molecule has 0 radical (unpaired) electrons. The summed E-state index contributed by atoms with van der Waals surface area (Å²) in [4.78, 5) is 12.9. The molecule has 0 bridgehead atoms. The first-order valence-electron chi connectivity index (χ1n) is 11.0. The second-order valence-corrected chi connectivity index (χ2v) is 9.02. The fourth-order valence-corrected chi connectivity index (χ4v) is 4.43. The van der Waals surface area contributed by atoms with Crippen molar-refractivity contribution in [3.05, 3.63) is 65.2 Å². The van der Waals surface area contributed by atoms with Crippen LogP contribution >= 0.6 is 0 Å². The molecule has 2 unspecified atom stereocenters. The third-order valence-corrected chi connectivity index (χ3v) is 6.02. The van der Waals surface area contributed by atoms with Crippen molar-refractivity contribution < 1.29 is 9.53 Å². The fourth-order valence-electron chi connectivity index (χ4n) is 4.43. The van der Waals surface area contributed by atoms with Crippen LogP contribution < -0.4 is 10.1 Å². The summed E-state index contributed by atoms with van der Waals surface area (Å²) in [5, 5.41) is 3.18. The van der Waals surface area contributed by atoms with Gasteiger partial charge < -0.3 is 10.1 Å². The van der Waals surface area contributed by atoms with Crippen molar-refractivity contribution in [2.75, 3.05) is 0 Å². The summed E-state index contributed by atoms with van der Waals surface area (Å²) < 4.78 is 6.10. The molecule has 0 aliphatic heterocycles. The summed E-state index contributed by atoms with van der Waals surface area (Å²) >= 11 is 0. The molecule has 0 saturated heterocycles. The molecule has 2 aromatic rings. The van der Waals surface area contributed by atoms with Gasteiger partial charge in [0.15, 0.2) is 6.10 Å². The van der Waals surface area contributed by atoms with Gasteiger partial charge in [-0.1, -0.05) is 57.2 Å². The lowest BCUT2D eigenvalue weighted by atomic mass is 9.79. The standard InChI is InChI=1S/C26H35NO2/c1-5-24(29-23-16-15-20-11-9-10-12-21(20)17-23)25(28)27-19(2)18-26(3,4)22-13-7-6-8-14-22/h6-8,13-17,19,24H,5,9-12,18H2,1-4H3,(H,27,28). The molecule has 2 atom stereocenters. The van der Waals surface area contributed by atoms with Gasteiger partial charge in [0, 0.05) is 6.04 Å². The van der Waals surface area contributed by atoms with E-state index in [-0.39, 0.29) is 17.4 Å². The van der Waals surface area contributed by atoms with Crippen LogP contribution in [0.5, 0.6) is 5.75 Å². The van der Waals surface area contributed by atoms with E-state index in [1.165, 1.54) is 29.5 Å². The Hall–Kier alpha value is -2.29. The highest BCUT2D eigenvalue weighted by Crippen LogP contribution is 2.29. The highest BCUT2D eigenvalue weighted by atomic mass is 16.5. The second kappa shape index (κ2) is 9.47. The number of hydrogen-bond donors (Lipinski definition) is 1. The number of benzene rings is 2. The molecule has 156 valence electrons. The van der Waals surface area contributed by atoms with Gasteiger partial charge in [0.25, 0.3) is 5.91 Å². The van der Waals surface area contributed by atoms with Crippen molar-refractivity contribution in [3.63, 3.8) is 0 Å². The molecular formula is C26H35NO2. The Morgan fingerprint density at radius 1 is 1.07 bits per heavy atom. The number of nitrogens with one attached hydrogen (secondary N) is 1. The van der Waals surface area contributed by atoms with E-state index in [1.54, 1.807) is 0 Å². The minimum absolute atomic E-state index is 0.00494. The molecule has 3 rings (SSSR count). The minimum Gasteiger partial charge on any atom is -0.481 e. The molecular weight excluding hydrogens is 358 g/mol. The van der Waals surface area contributed by atoms with E-state index in [0.29, 0.717) is 6.42 Å². The molecule has 1 aliphatic rings. The zero-order valence-corrected chi connectivity index (χ0v) is 18.3. The van der Waals surface area contributed by atoms with Crippen molar-refractivity contribution in [1.82, 2.24) is 5.32 Å². The molecule has 1 amide bonds. The summed E-state index contributed by atoms with van der Waals surface area (Å²) in [6.07, 6.45) is 5.84. The predicted molar refractivity (Wildman–Crippen MR) is 119 cm³/mol. The maximum atomic E-state index is 12.9. The van der Waals surface area contributed by atoms with Crippen LogP contribution in [0.15, 0.2) is 48.5 Å². The van der Waals surface area contributed by atoms with Gasteiger partial charge in [-0.2, -0.15) is 0 Å². The number of rotatable bonds is 8. The number of hydrogen-bond acceptors (Lipinski definition) is 2. The third-order valence-electron chi connectivity index (χ3n) is 6.02. The first-order valence-corrected chi connectivity index (χ1v) is 11.0. The SMILES string of the molecule is CCC(Oc1ccc2c(c1)CCCC2)C(=O)NC(C)CC(C)(C)c1ccccc1. The van der Waals surface area contributed by atoms with E-state index in [2.05, 4.69) is 62.5 Å². The number of ether oxygens (including phenoxy) is 1. The first-order chi connectivity index (χ1) is 13.9. The largest absolute Gasteiger partial charge is 0.481 e. The highest BCUT2D eigenvalue weighted by Gasteiger charge is 2.26. The van der Waals surface area contributed by atoms with E-state index >= 15 is 0 Å². The van der Waals surface area contributed by atoms with Gasteiger partial charge in [0.05, 0.1) is 0 Å². The third kappa shape index (κ3) is 5.62. The van der Waals surface area contributed by atoms with Crippen LogP contribution in [0, 0.1) is 0 Å². The second-order valence-electron chi connectivity index (χ2n) is 9.02. The summed E-state index contributed by atoms with van der Waals surface area (Å²) in [6, 6.07) is 16.9. The van der Waals surface area contributed by atoms with Gasteiger partial charge in [-0.25, -0.2) is 0 Å². The Morgan fingerprint density at radius 2 is 1.76 bits per heavy atom. The van der Waals surface area contributed by atoms with Crippen LogP contribution in [-0.2, 0) is 23.1 Å². The molecule has 2 aromatic carbocycles. The van der Waals surface area contributed by atoms with Crippen molar-refractivity contribution in [3.8, 4) is 5.75 Å². The molecule has 0 saturated carbocycles. The normalized spacial score (nSPS) is 15.9. The Kier molecular flexibility index (Phi) is 7.00. The Labute approximate surface area is 175 Å². The highest BCUT2D eigenvalue weighted by molar-refractivity contribution is 5.81. The minimum atomic E-state index is -0.459. The summed E-state index contributed by atoms with van der Waals surface area (Å²) in [5.74, 6) is 0.784. The summed E-state index contributed by atoms with van der Waals surface area (Å²) in [5.41, 5.74) is 4.09. The topological polar surface area (TPSA) is 38.3 Å². The van der Waals surface area contributed by atoms with Crippen molar-refractivity contribution in [1.29, 1.82) is 0 Å². The van der Waals surface area contributed by atoms with Crippen molar-refractivity contribution >= 4 is 5.91 Å². The molecule has 29 heavy (non-hydrogen) atoms. The summed E-state index contributed by atoms with van der Waals surface area (Å²) in [6.45, 7) is 8.53. The van der Waals surface area contributed by atoms with Crippen LogP contribution in [-0.4, -0.2) is 18.1 Å². The molecule has 3 heteroatoms. The quantitative estimate of drug-likeness (QED) is 0.634. The van der Waals surface area contributed by atoms with Crippen molar-refractivity contribution in [2.24, 2.45) is 0 Å². The van der Waals surface area contributed by atoms with Gasteiger partial charge in [-0.05, 0) is 79.7 Å². The number of carbonyl (C=O) groups is 1. The molecule has 0 spiro atoms. The van der Waals surface area contributed by atoms with Crippen LogP contribution in [0.1, 0.15) is 70.1 Å². The molecule has 0 fully saturated rings. The molecule has 0 heterocycles. The van der Waals surface area contributed by atoms with Gasteiger partial charge in [0.1, 0.15) is 5.75 Å². The fraction of sp³-hybridized carbons (Fsp3) is 0.500. The van der Waals surface area contributed by atoms with E-state index in [4.69, 9.17) is 4.74 Å². The zero-order chi connectivity index (χ0) is 20.9. The monoisotopic (exact) mass is 393 g/mol. The zero-order valence-electron chi connectivity index (χ0n) is 18.3. The first kappa shape index (κ1) is 21.4. The smallest absolute Gasteiger partial charge is 0.261 e. The Balaban J connectivity index is 1.59. The number of amides is 1. The number of carbonyl (C=O) groups excluding carboxylic acids is 1. The average molecular weight is 394 g/mol. The van der Waals surface area contributed by atoms with Crippen molar-refractivity contribution in [2.45, 2.75) is 83.8 Å². The Morgan fingerprint density at radius 3 is 2.45 bits per heavy atom. The van der Waals surface area contributed by atoms with Crippen LogP contribution in [0.2, 0.25) is 0 Å². The number of aryl methyl sites for hydroxylation is 2. The van der Waals surface area contributed by atoms with E-state index in [1.807, 2.05) is 19.1 Å². The number of fused-ring (bicyclic) bond motifs is 1. The Bertz CT molecular complexity index is 813.